The Hall–Kier alpha value is -0.930. The van der Waals surface area contributed by atoms with Gasteiger partial charge in [-0.2, -0.15) is 0 Å². The first-order valence-corrected chi connectivity index (χ1v) is 10.7. The van der Waals surface area contributed by atoms with Gasteiger partial charge in [0.25, 0.3) is 0 Å². The minimum Gasteiger partial charge on any atom is -0.381 e. The maximum atomic E-state index is 14.2. The predicted octanol–water partition coefficient (Wildman–Crippen LogP) is 3.86. The van der Waals surface area contributed by atoms with Gasteiger partial charge in [-0.15, -0.1) is 24.0 Å². The first-order valence-electron chi connectivity index (χ1n) is 10.7. The number of ether oxygens (including phenoxy) is 2. The van der Waals surface area contributed by atoms with Crippen molar-refractivity contribution in [2.75, 3.05) is 46.1 Å². The van der Waals surface area contributed by atoms with Crippen molar-refractivity contribution in [3.8, 4) is 0 Å². The molecule has 2 aliphatic rings. The van der Waals surface area contributed by atoms with Crippen molar-refractivity contribution >= 4 is 29.9 Å². The Labute approximate surface area is 191 Å². The summed E-state index contributed by atoms with van der Waals surface area (Å²) < 4.78 is 25.3. The smallest absolute Gasteiger partial charge is 0.191 e. The molecule has 1 aromatic carbocycles. The highest BCUT2D eigenvalue weighted by atomic mass is 127. The zero-order valence-electron chi connectivity index (χ0n) is 17.4. The van der Waals surface area contributed by atoms with E-state index in [0.29, 0.717) is 12.5 Å². The Balaban J connectivity index is 0.00000300. The van der Waals surface area contributed by atoms with Crippen LogP contribution in [0.2, 0.25) is 0 Å². The topological polar surface area (TPSA) is 54.9 Å². The molecular formula is C22H35FIN3O2. The number of nitrogens with one attached hydrogen (secondary N) is 2. The number of benzene rings is 1. The average Bonchev–Trinajstić information content (AvgIpc) is 3.50. The van der Waals surface area contributed by atoms with Crippen LogP contribution in [0.5, 0.6) is 0 Å². The van der Waals surface area contributed by atoms with E-state index in [2.05, 4.69) is 17.6 Å². The van der Waals surface area contributed by atoms with E-state index in [1.165, 1.54) is 0 Å². The molecule has 2 fully saturated rings. The van der Waals surface area contributed by atoms with Crippen LogP contribution < -0.4 is 10.6 Å². The van der Waals surface area contributed by atoms with Crippen LogP contribution >= 0.6 is 24.0 Å². The van der Waals surface area contributed by atoms with Crippen LogP contribution in [0.15, 0.2) is 29.3 Å². The van der Waals surface area contributed by atoms with Crippen molar-refractivity contribution in [2.45, 2.75) is 44.4 Å². The molecule has 0 spiro atoms. The molecule has 5 nitrogen and oxygen atoms in total. The lowest BCUT2D eigenvalue weighted by atomic mass is 9.95. The zero-order valence-corrected chi connectivity index (χ0v) is 19.8. The lowest BCUT2D eigenvalue weighted by Crippen LogP contribution is -2.38. The van der Waals surface area contributed by atoms with Crippen LogP contribution in [0.3, 0.4) is 0 Å². The fourth-order valence-corrected chi connectivity index (χ4v) is 3.67. The molecule has 1 aromatic rings. The monoisotopic (exact) mass is 519 g/mol. The average molecular weight is 519 g/mol. The van der Waals surface area contributed by atoms with Crippen LogP contribution in [-0.2, 0) is 14.9 Å². The molecule has 29 heavy (non-hydrogen) atoms. The van der Waals surface area contributed by atoms with Crippen molar-refractivity contribution in [2.24, 2.45) is 10.9 Å². The molecule has 1 saturated carbocycles. The van der Waals surface area contributed by atoms with Crippen molar-refractivity contribution in [1.29, 1.82) is 0 Å². The molecule has 0 atom stereocenters. The molecule has 7 heteroatoms. The van der Waals surface area contributed by atoms with Gasteiger partial charge in [-0.1, -0.05) is 18.2 Å². The highest BCUT2D eigenvalue weighted by molar-refractivity contribution is 14.0. The number of hydrogen-bond acceptors (Lipinski definition) is 3. The first kappa shape index (κ1) is 24.3. The first-order chi connectivity index (χ1) is 13.7. The van der Waals surface area contributed by atoms with Gasteiger partial charge in [0.05, 0.1) is 6.54 Å². The van der Waals surface area contributed by atoms with Crippen molar-refractivity contribution in [1.82, 2.24) is 10.6 Å². The predicted molar refractivity (Wildman–Crippen MR) is 126 cm³/mol. The fraction of sp³-hybridized carbons (Fsp3) is 0.682. The molecule has 0 unspecified atom stereocenters. The molecule has 0 amide bonds. The maximum Gasteiger partial charge on any atom is 0.191 e. The standard InChI is InChI=1S/C22H34FN3O2.HI/c1-2-24-21(25-12-5-13-28-16-18-8-14-27-15-9-18)26-17-22(10-11-22)19-6-3-4-7-20(19)23;/h3-4,6-7,18H,2,5,8-17H2,1H3,(H2,24,25,26);1H. The minimum absolute atomic E-state index is 0. The molecule has 1 saturated heterocycles. The minimum atomic E-state index is -0.124. The van der Waals surface area contributed by atoms with Crippen molar-refractivity contribution in [3.05, 3.63) is 35.6 Å². The SMILES string of the molecule is CCNC(=NCC1(c2ccccc2F)CC1)NCCCOCC1CCOCC1.I. The summed E-state index contributed by atoms with van der Waals surface area (Å²) in [5, 5.41) is 6.65. The molecule has 0 radical (unpaired) electrons. The molecule has 1 aliphatic heterocycles. The van der Waals surface area contributed by atoms with Gasteiger partial charge in [0.2, 0.25) is 0 Å². The Bertz CT molecular complexity index is 634. The van der Waals surface area contributed by atoms with E-state index in [0.717, 1.165) is 83.1 Å². The summed E-state index contributed by atoms with van der Waals surface area (Å²) in [6.45, 7) is 7.61. The zero-order chi connectivity index (χ0) is 19.7. The van der Waals surface area contributed by atoms with Gasteiger partial charge in [-0.3, -0.25) is 4.99 Å². The molecule has 1 heterocycles. The summed E-state index contributed by atoms with van der Waals surface area (Å²) in [6, 6.07) is 7.09. The van der Waals surface area contributed by atoms with Crippen LogP contribution in [0, 0.1) is 11.7 Å². The molecule has 0 bridgehead atoms. The summed E-state index contributed by atoms with van der Waals surface area (Å²) in [4.78, 5) is 4.73. The van der Waals surface area contributed by atoms with Crippen molar-refractivity contribution in [3.63, 3.8) is 0 Å². The number of guanidine groups is 1. The Morgan fingerprint density at radius 3 is 2.69 bits per heavy atom. The third-order valence-corrected chi connectivity index (χ3v) is 5.64. The Morgan fingerprint density at radius 2 is 2.00 bits per heavy atom. The quantitative estimate of drug-likeness (QED) is 0.213. The highest BCUT2D eigenvalue weighted by Crippen LogP contribution is 2.49. The molecule has 1 aliphatic carbocycles. The summed E-state index contributed by atoms with van der Waals surface area (Å²) in [5.41, 5.74) is 0.677. The molecule has 3 rings (SSSR count). The number of aliphatic imine (C=N–C) groups is 1. The van der Waals surface area contributed by atoms with Gasteiger partial charge in [-0.05, 0) is 56.6 Å². The fourth-order valence-electron chi connectivity index (χ4n) is 3.67. The second-order valence-corrected chi connectivity index (χ2v) is 7.87. The third kappa shape index (κ3) is 7.68. The molecule has 164 valence electrons. The van der Waals surface area contributed by atoms with Gasteiger partial charge < -0.3 is 20.1 Å². The number of halogens is 2. The number of hydrogen-bond donors (Lipinski definition) is 2. The Kier molecular flexibility index (Phi) is 10.7. The van der Waals surface area contributed by atoms with Gasteiger partial charge in [0.15, 0.2) is 5.96 Å². The maximum absolute atomic E-state index is 14.2. The van der Waals surface area contributed by atoms with Crippen LogP contribution in [0.4, 0.5) is 4.39 Å². The summed E-state index contributed by atoms with van der Waals surface area (Å²) in [6.07, 6.45) is 5.15. The van der Waals surface area contributed by atoms with Gasteiger partial charge >= 0.3 is 0 Å². The molecule has 2 N–H and O–H groups in total. The lowest BCUT2D eigenvalue weighted by Gasteiger charge is -2.21. The van der Waals surface area contributed by atoms with Crippen LogP contribution in [0.1, 0.15) is 44.6 Å². The van der Waals surface area contributed by atoms with Crippen LogP contribution in [-0.4, -0.2) is 52.0 Å². The van der Waals surface area contributed by atoms with Gasteiger partial charge in [-0.25, -0.2) is 4.39 Å². The van der Waals surface area contributed by atoms with E-state index in [9.17, 15) is 4.39 Å². The Morgan fingerprint density at radius 1 is 1.24 bits per heavy atom. The summed E-state index contributed by atoms with van der Waals surface area (Å²) in [5.74, 6) is 1.33. The van der Waals surface area contributed by atoms with E-state index < -0.39 is 0 Å². The summed E-state index contributed by atoms with van der Waals surface area (Å²) >= 11 is 0. The van der Waals surface area contributed by atoms with E-state index in [4.69, 9.17) is 14.5 Å². The van der Waals surface area contributed by atoms with Gasteiger partial charge in [0.1, 0.15) is 5.82 Å². The van der Waals surface area contributed by atoms with Crippen LogP contribution in [0.25, 0.3) is 0 Å². The largest absolute Gasteiger partial charge is 0.381 e. The second-order valence-electron chi connectivity index (χ2n) is 7.87. The third-order valence-electron chi connectivity index (χ3n) is 5.64. The number of rotatable bonds is 10. The second kappa shape index (κ2) is 12.7. The van der Waals surface area contributed by atoms with Gasteiger partial charge in [0, 0.05) is 44.9 Å². The molecule has 0 aromatic heterocycles. The lowest BCUT2D eigenvalue weighted by molar-refractivity contribution is 0.0203. The normalized spacial score (nSPS) is 18.8. The van der Waals surface area contributed by atoms with E-state index >= 15 is 0 Å². The number of nitrogens with zero attached hydrogens (tertiary/aromatic N) is 1. The van der Waals surface area contributed by atoms with E-state index in [-0.39, 0.29) is 35.2 Å². The van der Waals surface area contributed by atoms with E-state index in [1.807, 2.05) is 12.1 Å². The molecular weight excluding hydrogens is 484 g/mol. The van der Waals surface area contributed by atoms with E-state index in [1.54, 1.807) is 12.1 Å². The van der Waals surface area contributed by atoms with Crippen molar-refractivity contribution < 1.29 is 13.9 Å². The summed E-state index contributed by atoms with van der Waals surface area (Å²) in [7, 11) is 0. The highest BCUT2D eigenvalue weighted by Gasteiger charge is 2.45.